The minimum absolute atomic E-state index is 0.0103. The second-order valence-corrected chi connectivity index (χ2v) is 10.4. The number of carbonyl (C=O) groups excluding carboxylic acids is 1. The normalized spacial score (nSPS) is 13.3. The number of nitrogens with zero attached hydrogens (tertiary/aromatic N) is 5. The first kappa shape index (κ1) is 21.3. The van der Waals surface area contributed by atoms with Crippen molar-refractivity contribution in [1.29, 1.82) is 0 Å². The summed E-state index contributed by atoms with van der Waals surface area (Å²) in [5, 5.41) is 11.0. The summed E-state index contributed by atoms with van der Waals surface area (Å²) < 4.78 is 2.04. The van der Waals surface area contributed by atoms with Crippen LogP contribution in [0.4, 0.5) is 5.69 Å². The van der Waals surface area contributed by atoms with Gasteiger partial charge in [0.05, 0.1) is 11.1 Å². The van der Waals surface area contributed by atoms with E-state index >= 15 is 0 Å². The van der Waals surface area contributed by atoms with Gasteiger partial charge in [-0.2, -0.15) is 0 Å². The molecule has 0 unspecified atom stereocenters. The first-order chi connectivity index (χ1) is 16.7. The Kier molecular flexibility index (Phi) is 5.55. The van der Waals surface area contributed by atoms with Gasteiger partial charge in [-0.05, 0) is 43.4 Å². The van der Waals surface area contributed by atoms with E-state index in [1.165, 1.54) is 35.0 Å². The van der Waals surface area contributed by atoms with Crippen LogP contribution in [0.15, 0.2) is 65.8 Å². The molecule has 0 fully saturated rings. The summed E-state index contributed by atoms with van der Waals surface area (Å²) in [4.78, 5) is 22.2. The summed E-state index contributed by atoms with van der Waals surface area (Å²) in [6.07, 6.45) is 4.60. The minimum atomic E-state index is 0.0103. The third-order valence-electron chi connectivity index (χ3n) is 6.30. The lowest BCUT2D eigenvalue weighted by Gasteiger charge is -2.16. The molecule has 5 aromatic rings. The number of hydrogen-bond acceptors (Lipinski definition) is 6. The molecule has 3 aromatic heterocycles. The Morgan fingerprint density at radius 3 is 2.56 bits per heavy atom. The van der Waals surface area contributed by atoms with Gasteiger partial charge in [0, 0.05) is 23.2 Å². The highest BCUT2D eigenvalue weighted by Crippen LogP contribution is 2.39. The van der Waals surface area contributed by atoms with Crippen LogP contribution in [0.2, 0.25) is 0 Å². The van der Waals surface area contributed by atoms with Crippen LogP contribution in [0.25, 0.3) is 27.3 Å². The van der Waals surface area contributed by atoms with Gasteiger partial charge in [-0.3, -0.25) is 9.20 Å². The highest BCUT2D eigenvalue weighted by Gasteiger charge is 2.24. The Morgan fingerprint density at radius 1 is 1.03 bits per heavy atom. The number of aromatic nitrogens is 4. The SMILES string of the molecule is CN(C(=O)CSc1nnc2c3c4c(sc3nc(-c3ccccc3)n12)CCCC4)c1ccccc1. The molecular formula is C26H23N5OS2. The zero-order chi connectivity index (χ0) is 23.1. The summed E-state index contributed by atoms with van der Waals surface area (Å²) in [7, 11) is 1.80. The molecule has 2 aromatic carbocycles. The molecule has 0 saturated carbocycles. The fourth-order valence-corrected chi connectivity index (χ4v) is 6.63. The molecule has 170 valence electrons. The van der Waals surface area contributed by atoms with Crippen molar-refractivity contribution in [2.75, 3.05) is 17.7 Å². The molecule has 8 heteroatoms. The Morgan fingerprint density at radius 2 is 1.76 bits per heavy atom. The van der Waals surface area contributed by atoms with Crippen molar-refractivity contribution in [2.45, 2.75) is 30.8 Å². The van der Waals surface area contributed by atoms with Crippen LogP contribution in [0, 0.1) is 0 Å². The average Bonchev–Trinajstić information content (AvgIpc) is 3.48. The maximum Gasteiger partial charge on any atom is 0.237 e. The minimum Gasteiger partial charge on any atom is -0.315 e. The van der Waals surface area contributed by atoms with Crippen LogP contribution < -0.4 is 4.90 Å². The van der Waals surface area contributed by atoms with Gasteiger partial charge in [-0.25, -0.2) is 4.98 Å². The van der Waals surface area contributed by atoms with Crippen LogP contribution in [0.1, 0.15) is 23.3 Å². The van der Waals surface area contributed by atoms with E-state index < -0.39 is 0 Å². The number of hydrogen-bond donors (Lipinski definition) is 0. The number of aryl methyl sites for hydroxylation is 2. The number of carbonyl (C=O) groups is 1. The monoisotopic (exact) mass is 485 g/mol. The van der Waals surface area contributed by atoms with Crippen molar-refractivity contribution in [3.8, 4) is 11.4 Å². The first-order valence-corrected chi connectivity index (χ1v) is 13.2. The smallest absolute Gasteiger partial charge is 0.237 e. The Balaban J connectivity index is 1.43. The molecular weight excluding hydrogens is 462 g/mol. The molecule has 1 aliphatic carbocycles. The summed E-state index contributed by atoms with van der Waals surface area (Å²) >= 11 is 3.20. The zero-order valence-corrected chi connectivity index (χ0v) is 20.4. The quantitative estimate of drug-likeness (QED) is 0.302. The number of benzene rings is 2. The molecule has 0 radical (unpaired) electrons. The fourth-order valence-electron chi connectivity index (χ4n) is 4.52. The highest BCUT2D eigenvalue weighted by atomic mass is 32.2. The topological polar surface area (TPSA) is 63.4 Å². The lowest BCUT2D eigenvalue weighted by atomic mass is 9.97. The van der Waals surface area contributed by atoms with Crippen LogP contribution in [0.5, 0.6) is 0 Å². The predicted octanol–water partition coefficient (Wildman–Crippen LogP) is 5.64. The Hall–Kier alpha value is -3.23. The van der Waals surface area contributed by atoms with E-state index in [-0.39, 0.29) is 11.7 Å². The number of anilines is 1. The van der Waals surface area contributed by atoms with Crippen LogP contribution in [0.3, 0.4) is 0 Å². The summed E-state index contributed by atoms with van der Waals surface area (Å²) in [6, 6.07) is 19.8. The second-order valence-electron chi connectivity index (χ2n) is 8.41. The van der Waals surface area contributed by atoms with Gasteiger partial charge in [0.2, 0.25) is 5.91 Å². The molecule has 3 heterocycles. The second kappa shape index (κ2) is 8.85. The standard InChI is InChI=1S/C26H23N5OS2/c1-30(18-12-6-3-7-13-18)21(32)16-33-26-29-28-24-22-19-14-8-9-15-20(19)34-25(22)27-23(31(24)26)17-10-4-2-5-11-17/h2-7,10-13H,8-9,14-16H2,1H3. The maximum atomic E-state index is 12.9. The fraction of sp³-hybridized carbons (Fsp3) is 0.231. The van der Waals surface area contributed by atoms with Crippen molar-refractivity contribution >= 4 is 50.6 Å². The number of thioether (sulfide) groups is 1. The zero-order valence-electron chi connectivity index (χ0n) is 18.8. The van der Waals surface area contributed by atoms with Crippen molar-refractivity contribution in [2.24, 2.45) is 0 Å². The molecule has 0 atom stereocenters. The van der Waals surface area contributed by atoms with E-state index in [0.717, 1.165) is 45.8 Å². The number of amides is 1. The third-order valence-corrected chi connectivity index (χ3v) is 8.40. The van der Waals surface area contributed by atoms with Crippen molar-refractivity contribution in [3.63, 3.8) is 0 Å². The van der Waals surface area contributed by atoms with Gasteiger partial charge < -0.3 is 4.90 Å². The summed E-state index contributed by atoms with van der Waals surface area (Å²) in [6.45, 7) is 0. The number of fused-ring (bicyclic) bond motifs is 5. The van der Waals surface area contributed by atoms with E-state index in [1.54, 1.807) is 23.3 Å². The van der Waals surface area contributed by atoms with E-state index in [1.807, 2.05) is 52.9 Å². The molecule has 1 amide bonds. The van der Waals surface area contributed by atoms with E-state index in [4.69, 9.17) is 4.98 Å². The number of para-hydroxylation sites is 1. The van der Waals surface area contributed by atoms with E-state index in [2.05, 4.69) is 22.3 Å². The molecule has 0 N–H and O–H groups in total. The summed E-state index contributed by atoms with van der Waals surface area (Å²) in [5.41, 5.74) is 4.11. The highest BCUT2D eigenvalue weighted by molar-refractivity contribution is 7.99. The van der Waals surface area contributed by atoms with Gasteiger partial charge in [0.25, 0.3) is 0 Å². The lowest BCUT2D eigenvalue weighted by Crippen LogP contribution is -2.27. The van der Waals surface area contributed by atoms with Gasteiger partial charge in [-0.15, -0.1) is 21.5 Å². The van der Waals surface area contributed by atoms with Gasteiger partial charge >= 0.3 is 0 Å². The number of rotatable bonds is 5. The van der Waals surface area contributed by atoms with Crippen LogP contribution in [-0.4, -0.2) is 38.3 Å². The van der Waals surface area contributed by atoms with Gasteiger partial charge in [-0.1, -0.05) is 60.3 Å². The molecule has 6 rings (SSSR count). The summed E-state index contributed by atoms with van der Waals surface area (Å²) in [5.74, 6) is 1.09. The van der Waals surface area contributed by atoms with Crippen molar-refractivity contribution in [3.05, 3.63) is 71.1 Å². The molecule has 0 saturated heterocycles. The van der Waals surface area contributed by atoms with Crippen LogP contribution >= 0.6 is 23.1 Å². The van der Waals surface area contributed by atoms with Crippen molar-refractivity contribution < 1.29 is 4.79 Å². The first-order valence-electron chi connectivity index (χ1n) is 11.4. The lowest BCUT2D eigenvalue weighted by molar-refractivity contribution is -0.115. The van der Waals surface area contributed by atoms with Crippen LogP contribution in [-0.2, 0) is 17.6 Å². The molecule has 0 spiro atoms. The number of thiophene rings is 1. The van der Waals surface area contributed by atoms with Gasteiger partial charge in [0.15, 0.2) is 10.8 Å². The molecule has 1 aliphatic rings. The molecule has 6 nitrogen and oxygen atoms in total. The van der Waals surface area contributed by atoms with E-state index in [9.17, 15) is 4.79 Å². The largest absolute Gasteiger partial charge is 0.315 e. The average molecular weight is 486 g/mol. The third kappa shape index (κ3) is 3.67. The molecule has 34 heavy (non-hydrogen) atoms. The van der Waals surface area contributed by atoms with E-state index in [0.29, 0.717) is 5.16 Å². The Bertz CT molecular complexity index is 1490. The Labute approximate surface area is 205 Å². The maximum absolute atomic E-state index is 12.9. The van der Waals surface area contributed by atoms with Gasteiger partial charge in [0.1, 0.15) is 10.7 Å². The molecule has 0 bridgehead atoms. The molecule has 0 aliphatic heterocycles. The predicted molar refractivity (Wildman–Crippen MR) is 139 cm³/mol. The van der Waals surface area contributed by atoms with Crippen molar-refractivity contribution in [1.82, 2.24) is 19.6 Å².